The summed E-state index contributed by atoms with van der Waals surface area (Å²) in [6.45, 7) is 0. The van der Waals surface area contributed by atoms with Crippen LogP contribution in [0, 0.1) is 0 Å². The molecule has 5 rings (SSSR count). The second-order valence-corrected chi connectivity index (χ2v) is 9.49. The van der Waals surface area contributed by atoms with Crippen molar-refractivity contribution in [1.82, 2.24) is 4.57 Å². The summed E-state index contributed by atoms with van der Waals surface area (Å²) in [5, 5.41) is 1.15. The Morgan fingerprint density at radius 2 is 1.35 bits per heavy atom. The van der Waals surface area contributed by atoms with Gasteiger partial charge in [-0.15, -0.1) is 0 Å². The fraction of sp³-hybridized carbons (Fsp3) is 0. The van der Waals surface area contributed by atoms with Crippen molar-refractivity contribution in [2.75, 3.05) is 0 Å². The van der Waals surface area contributed by atoms with Crippen molar-refractivity contribution in [3.05, 3.63) is 129 Å². The molecular weight excluding hydrogens is 527 g/mol. The number of aromatic nitrogens is 1. The third-order valence-corrected chi connectivity index (χ3v) is 6.57. The maximum atomic E-state index is 6.38. The van der Waals surface area contributed by atoms with Crippen LogP contribution >= 0.6 is 39.1 Å². The van der Waals surface area contributed by atoms with Gasteiger partial charge < -0.3 is 4.57 Å². The minimum Gasteiger partial charge on any atom is -0.309 e. The maximum absolute atomic E-state index is 6.38. The van der Waals surface area contributed by atoms with Crippen molar-refractivity contribution in [3.63, 3.8) is 0 Å². The first-order chi connectivity index (χ1) is 16.6. The van der Waals surface area contributed by atoms with Crippen molar-refractivity contribution in [3.8, 4) is 28.2 Å². The van der Waals surface area contributed by atoms with E-state index in [9.17, 15) is 0 Å². The molecule has 0 aliphatic carbocycles. The zero-order valence-corrected chi connectivity index (χ0v) is 21.1. The molecule has 5 aromatic rings. The summed E-state index contributed by atoms with van der Waals surface area (Å²) < 4.78 is 3.31. The first kappa shape index (κ1) is 22.7. The van der Waals surface area contributed by atoms with Crippen molar-refractivity contribution in [2.45, 2.75) is 0 Å². The summed E-state index contributed by atoms with van der Waals surface area (Å²) in [5.74, 6) is 0. The molecule has 0 unspecified atom stereocenters. The normalized spacial score (nSPS) is 11.3. The van der Waals surface area contributed by atoms with E-state index in [1.54, 1.807) is 18.2 Å². The van der Waals surface area contributed by atoms with Crippen LogP contribution in [0.1, 0.15) is 5.56 Å². The first-order valence-electron chi connectivity index (χ1n) is 10.7. The van der Waals surface area contributed by atoms with E-state index >= 15 is 0 Å². The van der Waals surface area contributed by atoms with Gasteiger partial charge in [0.15, 0.2) is 0 Å². The van der Waals surface area contributed by atoms with Gasteiger partial charge >= 0.3 is 0 Å². The number of halogens is 3. The molecule has 0 spiro atoms. The van der Waals surface area contributed by atoms with Crippen LogP contribution in [0.3, 0.4) is 0 Å². The van der Waals surface area contributed by atoms with Gasteiger partial charge in [-0.25, -0.2) is 0 Å². The molecule has 166 valence electrons. The van der Waals surface area contributed by atoms with E-state index in [1.807, 2.05) is 30.5 Å². The van der Waals surface area contributed by atoms with Gasteiger partial charge in [-0.3, -0.25) is 4.99 Å². The fourth-order valence-electron chi connectivity index (χ4n) is 3.92. The number of aliphatic imine (C=N–C) groups is 1. The number of hydrogen-bond acceptors (Lipinski definition) is 1. The lowest BCUT2D eigenvalue weighted by Gasteiger charge is -2.15. The molecule has 0 N–H and O–H groups in total. The minimum absolute atomic E-state index is 0.553. The highest BCUT2D eigenvalue weighted by Gasteiger charge is 2.18. The highest BCUT2D eigenvalue weighted by molar-refractivity contribution is 9.10. The Labute approximate surface area is 217 Å². The Balaban J connectivity index is 1.78. The summed E-state index contributed by atoms with van der Waals surface area (Å²) in [4.78, 5) is 4.72. The fourth-order valence-corrected chi connectivity index (χ4v) is 4.52. The summed E-state index contributed by atoms with van der Waals surface area (Å²) in [6.07, 6.45) is 1.86. The van der Waals surface area contributed by atoms with Crippen LogP contribution in [0.15, 0.2) is 119 Å². The zero-order chi connectivity index (χ0) is 23.5. The van der Waals surface area contributed by atoms with Gasteiger partial charge in [-0.05, 0) is 59.7 Å². The number of benzene rings is 4. The van der Waals surface area contributed by atoms with E-state index in [-0.39, 0.29) is 0 Å². The SMILES string of the molecule is Clc1ccc(Cl)c(N=Cc2cc(-c3ccccc3)n(-c3ccc(Br)cc3)c2-c2ccccc2)c1. The smallest absolute Gasteiger partial charge is 0.0830 e. The molecule has 0 aliphatic heterocycles. The second kappa shape index (κ2) is 10.0. The summed E-state index contributed by atoms with van der Waals surface area (Å²) in [5.41, 5.74) is 6.98. The molecule has 0 fully saturated rings. The highest BCUT2D eigenvalue weighted by Crippen LogP contribution is 2.36. The van der Waals surface area contributed by atoms with Crippen LogP contribution < -0.4 is 0 Å². The molecule has 2 nitrogen and oxygen atoms in total. The van der Waals surface area contributed by atoms with E-state index in [1.165, 1.54) is 0 Å². The largest absolute Gasteiger partial charge is 0.309 e. The molecule has 1 heterocycles. The van der Waals surface area contributed by atoms with Gasteiger partial charge in [0.1, 0.15) is 0 Å². The summed E-state index contributed by atoms with van der Waals surface area (Å²) in [7, 11) is 0. The third kappa shape index (κ3) is 4.74. The zero-order valence-electron chi connectivity index (χ0n) is 18.0. The Kier molecular flexibility index (Phi) is 6.68. The van der Waals surface area contributed by atoms with Crippen LogP contribution in [0.25, 0.3) is 28.2 Å². The van der Waals surface area contributed by atoms with Crippen LogP contribution in [0.2, 0.25) is 10.0 Å². The minimum atomic E-state index is 0.553. The molecule has 0 radical (unpaired) electrons. The van der Waals surface area contributed by atoms with Gasteiger partial charge in [0.2, 0.25) is 0 Å². The van der Waals surface area contributed by atoms with Crippen LogP contribution in [-0.2, 0) is 0 Å². The van der Waals surface area contributed by atoms with Gasteiger partial charge in [-0.2, -0.15) is 0 Å². The summed E-state index contributed by atoms with van der Waals surface area (Å²) >= 11 is 16.1. The highest BCUT2D eigenvalue weighted by atomic mass is 79.9. The molecule has 0 amide bonds. The Morgan fingerprint density at radius 3 is 2.03 bits per heavy atom. The van der Waals surface area contributed by atoms with Crippen molar-refractivity contribution < 1.29 is 0 Å². The van der Waals surface area contributed by atoms with Gasteiger partial charge in [0, 0.05) is 27.0 Å². The lowest BCUT2D eigenvalue weighted by Crippen LogP contribution is -2.00. The second-order valence-electron chi connectivity index (χ2n) is 7.73. The average Bonchev–Trinajstić information content (AvgIpc) is 3.25. The predicted octanol–water partition coefficient (Wildman–Crippen LogP) is 9.63. The lowest BCUT2D eigenvalue weighted by atomic mass is 10.1. The van der Waals surface area contributed by atoms with E-state index in [4.69, 9.17) is 28.2 Å². The van der Waals surface area contributed by atoms with Crippen LogP contribution in [0.5, 0.6) is 0 Å². The van der Waals surface area contributed by atoms with Crippen LogP contribution in [0.4, 0.5) is 5.69 Å². The van der Waals surface area contributed by atoms with E-state index in [0.717, 1.165) is 38.2 Å². The molecule has 4 aromatic carbocycles. The molecule has 0 saturated carbocycles. The van der Waals surface area contributed by atoms with Gasteiger partial charge in [0.25, 0.3) is 0 Å². The summed E-state index contributed by atoms with van der Waals surface area (Å²) in [6, 6.07) is 36.5. The number of nitrogens with zero attached hydrogens (tertiary/aromatic N) is 2. The predicted molar refractivity (Wildman–Crippen MR) is 148 cm³/mol. The lowest BCUT2D eigenvalue weighted by molar-refractivity contribution is 1.09. The standard InChI is InChI=1S/C29H19BrCl2N2/c30-23-11-14-25(15-12-23)34-28(20-7-3-1-4-8-20)17-22(29(34)21-9-5-2-6-10-21)19-33-27-18-24(31)13-16-26(27)32/h1-19H. The van der Waals surface area contributed by atoms with Gasteiger partial charge in [-0.1, -0.05) is 99.8 Å². The van der Waals surface area contributed by atoms with E-state index < -0.39 is 0 Å². The molecule has 1 aromatic heterocycles. The molecular formula is C29H19BrCl2N2. The van der Waals surface area contributed by atoms with Crippen molar-refractivity contribution >= 4 is 51.0 Å². The number of rotatable bonds is 5. The molecule has 34 heavy (non-hydrogen) atoms. The Bertz CT molecular complexity index is 1460. The van der Waals surface area contributed by atoms with E-state index in [2.05, 4.69) is 87.2 Å². The first-order valence-corrected chi connectivity index (χ1v) is 12.3. The van der Waals surface area contributed by atoms with Crippen molar-refractivity contribution in [1.29, 1.82) is 0 Å². The quantitative estimate of drug-likeness (QED) is 0.195. The molecule has 0 bridgehead atoms. The van der Waals surface area contributed by atoms with Gasteiger partial charge in [0.05, 0.1) is 22.1 Å². The molecule has 5 heteroatoms. The average molecular weight is 546 g/mol. The molecule has 0 aliphatic rings. The van der Waals surface area contributed by atoms with Crippen LogP contribution in [-0.4, -0.2) is 10.8 Å². The third-order valence-electron chi connectivity index (χ3n) is 5.48. The number of hydrogen-bond donors (Lipinski definition) is 0. The van der Waals surface area contributed by atoms with E-state index in [0.29, 0.717) is 15.7 Å². The monoisotopic (exact) mass is 544 g/mol. The Hall–Kier alpha value is -3.11. The maximum Gasteiger partial charge on any atom is 0.0830 e. The van der Waals surface area contributed by atoms with Crippen molar-refractivity contribution in [2.24, 2.45) is 4.99 Å². The molecule has 0 saturated heterocycles. The topological polar surface area (TPSA) is 17.3 Å². The molecule has 0 atom stereocenters. The Morgan fingerprint density at radius 1 is 0.706 bits per heavy atom.